The molecule has 4 heteroatoms. The maximum atomic E-state index is 14.1. The lowest BCUT2D eigenvalue weighted by Crippen LogP contribution is -2.30. The Morgan fingerprint density at radius 1 is 1.41 bits per heavy atom. The number of hydrogen-bond donors (Lipinski definition) is 1. The van der Waals surface area contributed by atoms with Gasteiger partial charge in [0.05, 0.1) is 13.7 Å². The number of hydrogen-bond acceptors (Lipinski definition) is 2. The predicted octanol–water partition coefficient (Wildman–Crippen LogP) is 4.32. The van der Waals surface area contributed by atoms with Gasteiger partial charge < -0.3 is 9.72 Å². The molecule has 0 atom stereocenters. The van der Waals surface area contributed by atoms with Crippen LogP contribution in [0.5, 0.6) is 5.75 Å². The van der Waals surface area contributed by atoms with E-state index in [-0.39, 0.29) is 5.83 Å². The molecule has 0 saturated heterocycles. The van der Waals surface area contributed by atoms with Crippen LogP contribution in [-0.2, 0) is 6.54 Å². The Morgan fingerprint density at radius 3 is 2.91 bits per heavy atom. The third-order valence-electron chi connectivity index (χ3n) is 4.62. The first-order valence-corrected chi connectivity index (χ1v) is 7.86. The third kappa shape index (κ3) is 2.63. The smallest absolute Gasteiger partial charge is 0.124 e. The fraction of sp³-hybridized carbons (Fsp3) is 0.444. The minimum Gasteiger partial charge on any atom is -0.496 e. The van der Waals surface area contributed by atoms with Crippen molar-refractivity contribution in [3.63, 3.8) is 0 Å². The number of benzene rings is 1. The van der Waals surface area contributed by atoms with Gasteiger partial charge in [0.25, 0.3) is 0 Å². The maximum Gasteiger partial charge on any atom is 0.124 e. The topological polar surface area (TPSA) is 28.3 Å². The van der Waals surface area contributed by atoms with Crippen LogP contribution in [0.25, 0.3) is 10.9 Å². The fourth-order valence-corrected chi connectivity index (χ4v) is 3.32. The van der Waals surface area contributed by atoms with Crippen molar-refractivity contribution in [2.24, 2.45) is 0 Å². The number of nitrogens with one attached hydrogen (secondary N) is 1. The molecule has 0 aliphatic carbocycles. The number of ether oxygens (including phenoxy) is 1. The fourth-order valence-electron chi connectivity index (χ4n) is 3.32. The number of aromatic amines is 1. The zero-order chi connectivity index (χ0) is 15.7. The van der Waals surface area contributed by atoms with E-state index < -0.39 is 0 Å². The average molecular weight is 302 g/mol. The lowest BCUT2D eigenvalue weighted by molar-refractivity contribution is 0.248. The second-order valence-corrected chi connectivity index (χ2v) is 5.96. The van der Waals surface area contributed by atoms with Gasteiger partial charge in [-0.3, -0.25) is 4.90 Å². The van der Waals surface area contributed by atoms with E-state index in [1.165, 1.54) is 10.9 Å². The van der Waals surface area contributed by atoms with Gasteiger partial charge in [0.1, 0.15) is 11.6 Å². The molecule has 22 heavy (non-hydrogen) atoms. The molecule has 2 aromatic rings. The van der Waals surface area contributed by atoms with Crippen LogP contribution in [0.1, 0.15) is 30.9 Å². The second-order valence-electron chi connectivity index (χ2n) is 5.96. The molecule has 0 saturated carbocycles. The number of rotatable bonds is 4. The van der Waals surface area contributed by atoms with Gasteiger partial charge in [-0.2, -0.15) is 0 Å². The van der Waals surface area contributed by atoms with Crippen molar-refractivity contribution in [2.75, 3.05) is 20.2 Å². The van der Waals surface area contributed by atoms with E-state index in [0.717, 1.165) is 41.8 Å². The molecule has 3 rings (SSSR count). The monoisotopic (exact) mass is 302 g/mol. The van der Waals surface area contributed by atoms with Crippen LogP contribution < -0.4 is 4.74 Å². The molecule has 0 unspecified atom stereocenters. The van der Waals surface area contributed by atoms with E-state index in [4.69, 9.17) is 4.74 Å². The summed E-state index contributed by atoms with van der Waals surface area (Å²) in [4.78, 5) is 5.45. The van der Waals surface area contributed by atoms with Crippen LogP contribution in [0.3, 0.4) is 0 Å². The van der Waals surface area contributed by atoms with Crippen LogP contribution in [0.2, 0.25) is 0 Å². The van der Waals surface area contributed by atoms with Crippen molar-refractivity contribution in [3.05, 3.63) is 40.9 Å². The summed E-state index contributed by atoms with van der Waals surface area (Å²) >= 11 is 0. The highest BCUT2D eigenvalue weighted by molar-refractivity contribution is 5.88. The molecule has 1 aliphatic heterocycles. The van der Waals surface area contributed by atoms with Crippen molar-refractivity contribution in [2.45, 2.75) is 33.2 Å². The zero-order valence-corrected chi connectivity index (χ0v) is 13.5. The van der Waals surface area contributed by atoms with E-state index in [1.807, 2.05) is 13.1 Å². The molecule has 118 valence electrons. The van der Waals surface area contributed by atoms with Crippen LogP contribution in [0, 0.1) is 6.92 Å². The average Bonchev–Trinajstić information content (AvgIpc) is 3.00. The Bertz CT molecular complexity index is 717. The number of methoxy groups -OCH3 is 1. The molecule has 1 aliphatic rings. The van der Waals surface area contributed by atoms with Crippen LogP contribution in [0.15, 0.2) is 29.7 Å². The van der Waals surface area contributed by atoms with Gasteiger partial charge >= 0.3 is 0 Å². The van der Waals surface area contributed by atoms with Crippen molar-refractivity contribution in [1.82, 2.24) is 9.88 Å². The Morgan fingerprint density at radius 2 is 2.23 bits per heavy atom. The highest BCUT2D eigenvalue weighted by Gasteiger charge is 2.21. The third-order valence-corrected chi connectivity index (χ3v) is 4.62. The van der Waals surface area contributed by atoms with Gasteiger partial charge in [-0.1, -0.05) is 6.92 Å². The van der Waals surface area contributed by atoms with E-state index in [1.54, 1.807) is 7.11 Å². The molecule has 0 bridgehead atoms. The van der Waals surface area contributed by atoms with Gasteiger partial charge in [0.15, 0.2) is 0 Å². The van der Waals surface area contributed by atoms with Crippen molar-refractivity contribution in [1.29, 1.82) is 0 Å². The lowest BCUT2D eigenvalue weighted by atomic mass is 10.0. The van der Waals surface area contributed by atoms with Gasteiger partial charge in [0, 0.05) is 35.8 Å². The molecular weight excluding hydrogens is 279 g/mol. The summed E-state index contributed by atoms with van der Waals surface area (Å²) in [6.07, 6.45) is 3.59. The Hall–Kier alpha value is -1.81. The number of aromatic nitrogens is 1. The minimum absolute atomic E-state index is 0.0464. The molecular formula is C18H23FN2O. The van der Waals surface area contributed by atoms with Gasteiger partial charge in [-0.15, -0.1) is 0 Å². The van der Waals surface area contributed by atoms with E-state index in [0.29, 0.717) is 13.1 Å². The van der Waals surface area contributed by atoms with Gasteiger partial charge in [-0.25, -0.2) is 4.39 Å². The SMILES string of the molecule is CCC1=C(F)CN(Cc2c(OC)cc(C)c3[nH]ccc23)CC1. The molecule has 1 aromatic heterocycles. The summed E-state index contributed by atoms with van der Waals surface area (Å²) in [5.41, 5.74) is 4.41. The normalized spacial score (nSPS) is 16.5. The Balaban J connectivity index is 1.93. The maximum absolute atomic E-state index is 14.1. The summed E-state index contributed by atoms with van der Waals surface area (Å²) in [6.45, 7) is 6.12. The highest BCUT2D eigenvalue weighted by atomic mass is 19.1. The molecule has 1 N–H and O–H groups in total. The summed E-state index contributed by atoms with van der Waals surface area (Å²) in [5, 5.41) is 1.17. The number of nitrogens with zero attached hydrogens (tertiary/aromatic N) is 1. The first-order chi connectivity index (χ1) is 10.6. The number of halogens is 1. The summed E-state index contributed by atoms with van der Waals surface area (Å²) < 4.78 is 19.7. The minimum atomic E-state index is 0.0464. The summed E-state index contributed by atoms with van der Waals surface area (Å²) in [5.74, 6) is 0.931. The number of H-pyrrole nitrogens is 1. The molecule has 0 spiro atoms. The van der Waals surface area contributed by atoms with E-state index >= 15 is 0 Å². The second kappa shape index (κ2) is 6.13. The molecule has 1 aromatic carbocycles. The summed E-state index contributed by atoms with van der Waals surface area (Å²) in [7, 11) is 1.70. The highest BCUT2D eigenvalue weighted by Crippen LogP contribution is 2.32. The van der Waals surface area contributed by atoms with Crippen molar-refractivity contribution < 1.29 is 9.13 Å². The van der Waals surface area contributed by atoms with Gasteiger partial charge in [-0.05, 0) is 43.0 Å². The number of fused-ring (bicyclic) bond motifs is 1. The molecule has 2 heterocycles. The first-order valence-electron chi connectivity index (χ1n) is 7.86. The number of aryl methyl sites for hydroxylation is 1. The molecule has 0 radical (unpaired) electrons. The van der Waals surface area contributed by atoms with Gasteiger partial charge in [0.2, 0.25) is 0 Å². The zero-order valence-electron chi connectivity index (χ0n) is 13.5. The van der Waals surface area contributed by atoms with Crippen LogP contribution in [-0.4, -0.2) is 30.1 Å². The molecule has 0 fully saturated rings. The molecule has 0 amide bonds. The van der Waals surface area contributed by atoms with Crippen molar-refractivity contribution in [3.8, 4) is 5.75 Å². The lowest BCUT2D eigenvalue weighted by Gasteiger charge is -2.28. The standard InChI is InChI=1S/C18H23FN2O/c1-4-13-6-8-21(11-16(13)19)10-15-14-5-7-20-18(14)12(2)9-17(15)22-3/h5,7,9,20H,4,6,8,10-11H2,1-3H3. The van der Waals surface area contributed by atoms with Crippen LogP contribution >= 0.6 is 0 Å². The van der Waals surface area contributed by atoms with Crippen LogP contribution in [0.4, 0.5) is 4.39 Å². The molecule has 3 nitrogen and oxygen atoms in total. The summed E-state index contributed by atoms with van der Waals surface area (Å²) in [6, 6.07) is 4.13. The van der Waals surface area contributed by atoms with Crippen molar-refractivity contribution >= 4 is 10.9 Å². The first kappa shape index (κ1) is 15.1. The predicted molar refractivity (Wildman–Crippen MR) is 87.9 cm³/mol. The Labute approximate surface area is 130 Å². The quantitative estimate of drug-likeness (QED) is 0.911. The van der Waals surface area contributed by atoms with E-state index in [2.05, 4.69) is 28.9 Å². The van der Waals surface area contributed by atoms with E-state index in [9.17, 15) is 4.39 Å². The Kier molecular flexibility index (Phi) is 4.21. The largest absolute Gasteiger partial charge is 0.496 e.